The topological polar surface area (TPSA) is 83.6 Å². The zero-order valence-corrected chi connectivity index (χ0v) is 11.0. The number of carboxylic acids is 1. The summed E-state index contributed by atoms with van der Waals surface area (Å²) in [6.07, 6.45) is 2.97. The number of carbonyl (C=O) groups excluding carboxylic acids is 1. The second kappa shape index (κ2) is 7.27. The number of nitrogens with zero attached hydrogens (tertiary/aromatic N) is 1. The van der Waals surface area contributed by atoms with E-state index in [0.717, 1.165) is 19.3 Å². The lowest BCUT2D eigenvalue weighted by atomic mass is 10.0. The third-order valence-corrected chi connectivity index (χ3v) is 2.50. The fraction of sp³-hybridized carbons (Fsp3) is 0.833. The van der Waals surface area contributed by atoms with Gasteiger partial charge in [-0.25, -0.2) is 0 Å². The maximum absolute atomic E-state index is 11.9. The zero-order chi connectivity index (χ0) is 13.5. The Bertz CT molecular complexity index is 259. The van der Waals surface area contributed by atoms with E-state index in [9.17, 15) is 9.59 Å². The van der Waals surface area contributed by atoms with E-state index in [4.69, 9.17) is 10.8 Å². The molecule has 0 rings (SSSR count). The normalized spacial score (nSPS) is 11.3. The highest BCUT2D eigenvalue weighted by atomic mass is 16.4. The molecule has 0 bridgehead atoms. The molecule has 0 heterocycles. The summed E-state index contributed by atoms with van der Waals surface area (Å²) in [6.45, 7) is 5.92. The van der Waals surface area contributed by atoms with Crippen molar-refractivity contribution in [2.24, 2.45) is 5.73 Å². The summed E-state index contributed by atoms with van der Waals surface area (Å²) in [5.74, 6) is -1.08. The molecular formula is C12H24N2O3. The van der Waals surface area contributed by atoms with Crippen molar-refractivity contribution in [1.29, 1.82) is 0 Å². The van der Waals surface area contributed by atoms with Crippen LogP contribution in [0.1, 0.15) is 46.5 Å². The van der Waals surface area contributed by atoms with Crippen LogP contribution in [0.3, 0.4) is 0 Å². The molecule has 0 aliphatic rings. The number of unbranched alkanes of at least 4 members (excludes halogenated alkanes) is 2. The summed E-state index contributed by atoms with van der Waals surface area (Å²) >= 11 is 0. The third-order valence-electron chi connectivity index (χ3n) is 2.50. The summed E-state index contributed by atoms with van der Waals surface area (Å²) in [5, 5.41) is 8.80. The number of amides is 1. The molecule has 0 atom stereocenters. The maximum Gasteiger partial charge on any atom is 0.323 e. The van der Waals surface area contributed by atoms with Crippen molar-refractivity contribution >= 4 is 11.9 Å². The molecule has 0 spiro atoms. The Hall–Kier alpha value is -1.10. The summed E-state index contributed by atoms with van der Waals surface area (Å²) in [4.78, 5) is 24.1. The van der Waals surface area contributed by atoms with Gasteiger partial charge < -0.3 is 15.7 Å². The lowest BCUT2D eigenvalue weighted by Gasteiger charge is -2.34. The van der Waals surface area contributed by atoms with Crippen LogP contribution < -0.4 is 5.73 Å². The SMILES string of the molecule is CC(C)(C)N(CC(=O)O)C(=O)CCCCCN. The molecule has 0 aliphatic carbocycles. The van der Waals surface area contributed by atoms with Crippen LogP contribution in [0.5, 0.6) is 0 Å². The molecule has 0 aromatic carbocycles. The van der Waals surface area contributed by atoms with E-state index in [1.165, 1.54) is 4.90 Å². The molecule has 17 heavy (non-hydrogen) atoms. The minimum absolute atomic E-state index is 0.100. The van der Waals surface area contributed by atoms with Crippen molar-refractivity contribution in [3.8, 4) is 0 Å². The van der Waals surface area contributed by atoms with Gasteiger partial charge in [0, 0.05) is 12.0 Å². The average molecular weight is 244 g/mol. The van der Waals surface area contributed by atoms with Crippen molar-refractivity contribution in [2.75, 3.05) is 13.1 Å². The highest BCUT2D eigenvalue weighted by Crippen LogP contribution is 2.15. The Morgan fingerprint density at radius 2 is 1.76 bits per heavy atom. The van der Waals surface area contributed by atoms with E-state index in [1.807, 2.05) is 20.8 Å². The van der Waals surface area contributed by atoms with E-state index in [1.54, 1.807) is 0 Å². The smallest absolute Gasteiger partial charge is 0.323 e. The van der Waals surface area contributed by atoms with Gasteiger partial charge in [-0.1, -0.05) is 6.42 Å². The van der Waals surface area contributed by atoms with Crippen molar-refractivity contribution in [3.63, 3.8) is 0 Å². The van der Waals surface area contributed by atoms with Crippen molar-refractivity contribution in [3.05, 3.63) is 0 Å². The van der Waals surface area contributed by atoms with Gasteiger partial charge in [-0.3, -0.25) is 9.59 Å². The Balaban J connectivity index is 4.29. The standard InChI is InChI=1S/C12H24N2O3/c1-12(2,3)14(9-11(16)17)10(15)7-5-4-6-8-13/h4-9,13H2,1-3H3,(H,16,17). The first kappa shape index (κ1) is 15.9. The number of nitrogens with two attached hydrogens (primary N) is 1. The van der Waals surface area contributed by atoms with Gasteiger partial charge in [0.15, 0.2) is 0 Å². The van der Waals surface area contributed by atoms with E-state index in [0.29, 0.717) is 13.0 Å². The number of carbonyl (C=O) groups is 2. The lowest BCUT2D eigenvalue weighted by Crippen LogP contribution is -2.48. The van der Waals surface area contributed by atoms with Gasteiger partial charge in [0.05, 0.1) is 0 Å². The first-order valence-electron chi connectivity index (χ1n) is 6.01. The zero-order valence-electron chi connectivity index (χ0n) is 11.0. The molecule has 5 heteroatoms. The van der Waals surface area contributed by atoms with Crippen LogP contribution in [0.15, 0.2) is 0 Å². The van der Waals surface area contributed by atoms with Gasteiger partial charge in [0.25, 0.3) is 0 Å². The molecule has 0 aliphatic heterocycles. The summed E-state index contributed by atoms with van der Waals surface area (Å²) < 4.78 is 0. The molecule has 0 aromatic rings. The number of hydrogen-bond acceptors (Lipinski definition) is 3. The van der Waals surface area contributed by atoms with Crippen LogP contribution in [0.4, 0.5) is 0 Å². The predicted octanol–water partition coefficient (Wildman–Crippen LogP) is 1.22. The summed E-state index contributed by atoms with van der Waals surface area (Å²) in [7, 11) is 0. The maximum atomic E-state index is 11.9. The van der Waals surface area contributed by atoms with Crippen molar-refractivity contribution in [2.45, 2.75) is 52.0 Å². The first-order valence-corrected chi connectivity index (χ1v) is 6.01. The van der Waals surface area contributed by atoms with Crippen LogP contribution in [0.25, 0.3) is 0 Å². The Kier molecular flexibility index (Phi) is 6.80. The quantitative estimate of drug-likeness (QED) is 0.659. The van der Waals surface area contributed by atoms with Crippen LogP contribution in [-0.2, 0) is 9.59 Å². The van der Waals surface area contributed by atoms with Crippen molar-refractivity contribution < 1.29 is 14.7 Å². The number of hydrogen-bond donors (Lipinski definition) is 2. The van der Waals surface area contributed by atoms with Crippen LogP contribution >= 0.6 is 0 Å². The molecule has 0 saturated carbocycles. The largest absolute Gasteiger partial charge is 0.480 e. The highest BCUT2D eigenvalue weighted by molar-refractivity contribution is 5.82. The Labute approximate surface area is 103 Å². The summed E-state index contributed by atoms with van der Waals surface area (Å²) in [6, 6.07) is 0. The molecular weight excluding hydrogens is 220 g/mol. The van der Waals surface area contributed by atoms with Gasteiger partial charge in [-0.2, -0.15) is 0 Å². The summed E-state index contributed by atoms with van der Waals surface area (Å²) in [5.41, 5.74) is 4.91. The lowest BCUT2D eigenvalue weighted by molar-refractivity contribution is -0.148. The number of carboxylic acid groups (broad SMARTS) is 1. The third kappa shape index (κ3) is 6.94. The van der Waals surface area contributed by atoms with Crippen LogP contribution in [0, 0.1) is 0 Å². The average Bonchev–Trinajstić information content (AvgIpc) is 2.19. The molecule has 0 unspecified atom stereocenters. The second-order valence-corrected chi connectivity index (χ2v) is 5.14. The Morgan fingerprint density at radius 1 is 1.18 bits per heavy atom. The molecule has 1 amide bonds. The van der Waals surface area contributed by atoms with E-state index < -0.39 is 11.5 Å². The molecule has 0 fully saturated rings. The van der Waals surface area contributed by atoms with Crippen LogP contribution in [0.2, 0.25) is 0 Å². The van der Waals surface area contributed by atoms with E-state index >= 15 is 0 Å². The van der Waals surface area contributed by atoms with Gasteiger partial charge in [0.1, 0.15) is 6.54 Å². The van der Waals surface area contributed by atoms with Crippen molar-refractivity contribution in [1.82, 2.24) is 4.90 Å². The minimum Gasteiger partial charge on any atom is -0.480 e. The fourth-order valence-electron chi connectivity index (χ4n) is 1.57. The van der Waals surface area contributed by atoms with Gasteiger partial charge in [0.2, 0.25) is 5.91 Å². The second-order valence-electron chi connectivity index (χ2n) is 5.14. The van der Waals surface area contributed by atoms with Gasteiger partial charge in [-0.05, 0) is 40.2 Å². The molecule has 5 nitrogen and oxygen atoms in total. The van der Waals surface area contributed by atoms with Gasteiger partial charge >= 0.3 is 5.97 Å². The molecule has 0 radical (unpaired) electrons. The Morgan fingerprint density at radius 3 is 2.18 bits per heavy atom. The molecule has 100 valence electrons. The molecule has 0 saturated heterocycles. The molecule has 0 aromatic heterocycles. The predicted molar refractivity (Wildman–Crippen MR) is 66.6 cm³/mol. The number of aliphatic carboxylic acids is 1. The molecule has 3 N–H and O–H groups in total. The fourth-order valence-corrected chi connectivity index (χ4v) is 1.57. The van der Waals surface area contributed by atoms with Gasteiger partial charge in [-0.15, -0.1) is 0 Å². The number of rotatable bonds is 7. The highest BCUT2D eigenvalue weighted by Gasteiger charge is 2.27. The minimum atomic E-state index is -0.977. The van der Waals surface area contributed by atoms with Crippen LogP contribution in [-0.4, -0.2) is 40.5 Å². The van der Waals surface area contributed by atoms with E-state index in [-0.39, 0.29) is 12.5 Å². The first-order chi connectivity index (χ1) is 7.79. The van der Waals surface area contributed by atoms with E-state index in [2.05, 4.69) is 0 Å². The monoisotopic (exact) mass is 244 g/mol.